The lowest BCUT2D eigenvalue weighted by Crippen LogP contribution is -2.46. The fourth-order valence-corrected chi connectivity index (χ4v) is 7.61. The van der Waals surface area contributed by atoms with E-state index in [0.717, 1.165) is 88.2 Å². The largest absolute Gasteiger partial charge is 0.510 e. The number of fused-ring (bicyclic) bond motifs is 2. The van der Waals surface area contributed by atoms with Crippen LogP contribution in [0.25, 0.3) is 10.1 Å². The lowest BCUT2D eigenvalue weighted by atomic mass is 9.77. The molecule has 2 aliphatic heterocycles. The minimum atomic E-state index is -0.704. The van der Waals surface area contributed by atoms with Crippen molar-refractivity contribution in [3.8, 4) is 5.75 Å². The minimum Gasteiger partial charge on any atom is -0.494 e. The second kappa shape index (κ2) is 13.8. The van der Waals surface area contributed by atoms with Crippen LogP contribution in [0.3, 0.4) is 0 Å². The van der Waals surface area contributed by atoms with Gasteiger partial charge in [0.1, 0.15) is 11.9 Å². The number of benzene rings is 2. The highest BCUT2D eigenvalue weighted by atomic mass is 32.1. The summed E-state index contributed by atoms with van der Waals surface area (Å²) in [4.78, 5) is 32.1. The van der Waals surface area contributed by atoms with E-state index in [1.807, 2.05) is 18.2 Å². The molecule has 0 N–H and O–H groups in total. The van der Waals surface area contributed by atoms with E-state index in [2.05, 4.69) is 53.3 Å². The smallest absolute Gasteiger partial charge is 0.494 e. The van der Waals surface area contributed by atoms with Gasteiger partial charge in [0.2, 0.25) is 5.91 Å². The number of unbranched alkanes of at least 4 members (excludes halogenated alkanes) is 1. The number of piperazine rings is 1. The van der Waals surface area contributed by atoms with Crippen molar-refractivity contribution in [3.63, 3.8) is 0 Å². The van der Waals surface area contributed by atoms with E-state index in [0.29, 0.717) is 13.0 Å². The first-order chi connectivity index (χ1) is 21.4. The van der Waals surface area contributed by atoms with Crippen LogP contribution in [0.2, 0.25) is 0 Å². The SMILES string of the molecule is CC1(C)CC(=O)N(COC(=O)OC2CCCCC2)c2cc(OCCCCN3CCN(c4cccc5sccc45)CC3)ccc21. The number of ether oxygens (including phenoxy) is 3. The molecule has 9 heteroatoms. The Morgan fingerprint density at radius 2 is 1.80 bits per heavy atom. The van der Waals surface area contributed by atoms with Crippen molar-refractivity contribution in [3.05, 3.63) is 53.4 Å². The van der Waals surface area contributed by atoms with Crippen LogP contribution in [0.4, 0.5) is 16.2 Å². The van der Waals surface area contributed by atoms with Crippen LogP contribution >= 0.6 is 11.3 Å². The maximum atomic E-state index is 13.1. The first kappa shape index (κ1) is 30.7. The summed E-state index contributed by atoms with van der Waals surface area (Å²) in [5.74, 6) is 0.650. The Kier molecular flexibility index (Phi) is 9.62. The predicted molar refractivity (Wildman–Crippen MR) is 176 cm³/mol. The molecule has 1 saturated heterocycles. The molecular weight excluding hydrogens is 574 g/mol. The summed E-state index contributed by atoms with van der Waals surface area (Å²) in [6.07, 6.45) is 6.64. The maximum Gasteiger partial charge on any atom is 0.510 e. The van der Waals surface area contributed by atoms with Gasteiger partial charge in [-0.25, -0.2) is 4.79 Å². The summed E-state index contributed by atoms with van der Waals surface area (Å²) in [5, 5.41) is 3.55. The van der Waals surface area contributed by atoms with Gasteiger partial charge in [0, 0.05) is 59.9 Å². The molecule has 3 aromatic rings. The third-order valence-corrected chi connectivity index (χ3v) is 10.2. The highest BCUT2D eigenvalue weighted by Gasteiger charge is 2.37. The summed E-state index contributed by atoms with van der Waals surface area (Å²) in [7, 11) is 0. The summed E-state index contributed by atoms with van der Waals surface area (Å²) >= 11 is 1.81. The van der Waals surface area contributed by atoms with Gasteiger partial charge in [0.25, 0.3) is 0 Å². The molecule has 0 unspecified atom stereocenters. The Balaban J connectivity index is 0.969. The van der Waals surface area contributed by atoms with Crippen LogP contribution in [0.15, 0.2) is 47.8 Å². The van der Waals surface area contributed by atoms with E-state index in [4.69, 9.17) is 14.2 Å². The van der Waals surface area contributed by atoms with Gasteiger partial charge in [-0.05, 0) is 80.3 Å². The van der Waals surface area contributed by atoms with E-state index < -0.39 is 6.16 Å². The number of nitrogens with zero attached hydrogens (tertiary/aromatic N) is 3. The first-order valence-electron chi connectivity index (χ1n) is 16.2. The number of hydrogen-bond donors (Lipinski definition) is 0. The van der Waals surface area contributed by atoms with Crippen molar-refractivity contribution < 1.29 is 23.8 Å². The second-order valence-electron chi connectivity index (χ2n) is 13.0. The lowest BCUT2D eigenvalue weighted by Gasteiger charge is -2.38. The van der Waals surface area contributed by atoms with E-state index in [1.54, 1.807) is 16.2 Å². The average Bonchev–Trinajstić information content (AvgIpc) is 3.51. The number of thiophene rings is 1. The van der Waals surface area contributed by atoms with Gasteiger partial charge in [0.05, 0.1) is 12.3 Å². The average molecular weight is 620 g/mol. The molecule has 8 nitrogen and oxygen atoms in total. The van der Waals surface area contributed by atoms with Crippen molar-refractivity contribution in [2.75, 3.05) is 55.9 Å². The third-order valence-electron chi connectivity index (χ3n) is 9.33. The molecule has 0 radical (unpaired) electrons. The van der Waals surface area contributed by atoms with Gasteiger partial charge in [-0.2, -0.15) is 0 Å². The maximum absolute atomic E-state index is 13.1. The topological polar surface area (TPSA) is 71.5 Å². The number of carbonyl (C=O) groups excluding carboxylic acids is 2. The zero-order valence-electron chi connectivity index (χ0n) is 26.1. The molecule has 3 aliphatic rings. The van der Waals surface area contributed by atoms with Gasteiger partial charge in [-0.1, -0.05) is 32.4 Å². The van der Waals surface area contributed by atoms with Crippen LogP contribution in [-0.2, 0) is 19.7 Å². The van der Waals surface area contributed by atoms with Crippen LogP contribution < -0.4 is 14.5 Å². The Labute approximate surface area is 264 Å². The highest BCUT2D eigenvalue weighted by molar-refractivity contribution is 7.17. The van der Waals surface area contributed by atoms with Gasteiger partial charge < -0.3 is 19.1 Å². The molecule has 2 aromatic carbocycles. The molecule has 0 atom stereocenters. The van der Waals surface area contributed by atoms with Crippen molar-refractivity contribution >= 4 is 44.9 Å². The third kappa shape index (κ3) is 7.15. The van der Waals surface area contributed by atoms with Crippen LogP contribution in [0.1, 0.15) is 70.8 Å². The Morgan fingerprint density at radius 3 is 2.61 bits per heavy atom. The first-order valence-corrected chi connectivity index (χ1v) is 17.1. The minimum absolute atomic E-state index is 0.0720. The fourth-order valence-electron chi connectivity index (χ4n) is 6.81. The summed E-state index contributed by atoms with van der Waals surface area (Å²) in [5.41, 5.74) is 2.83. The molecule has 1 amide bonds. The van der Waals surface area contributed by atoms with Crippen LogP contribution in [0.5, 0.6) is 5.75 Å². The summed E-state index contributed by atoms with van der Waals surface area (Å²) in [6, 6.07) is 14.8. The van der Waals surface area contributed by atoms with E-state index >= 15 is 0 Å². The van der Waals surface area contributed by atoms with Crippen molar-refractivity contribution in [2.45, 2.75) is 76.7 Å². The van der Waals surface area contributed by atoms with Crippen molar-refractivity contribution in [2.24, 2.45) is 0 Å². The molecule has 1 saturated carbocycles. The predicted octanol–water partition coefficient (Wildman–Crippen LogP) is 7.34. The summed E-state index contributed by atoms with van der Waals surface area (Å²) in [6.45, 7) is 9.90. The number of amides is 1. The normalized spacial score (nSPS) is 19.2. The number of rotatable bonds is 10. The molecular formula is C35H45N3O5S. The molecule has 236 valence electrons. The zero-order chi connectivity index (χ0) is 30.5. The molecule has 1 aliphatic carbocycles. The van der Waals surface area contributed by atoms with Crippen LogP contribution in [0, 0.1) is 0 Å². The number of anilines is 2. The number of carbonyl (C=O) groups is 2. The summed E-state index contributed by atoms with van der Waals surface area (Å²) < 4.78 is 18.4. The highest BCUT2D eigenvalue weighted by Crippen LogP contribution is 2.42. The molecule has 0 bridgehead atoms. The molecule has 44 heavy (non-hydrogen) atoms. The van der Waals surface area contributed by atoms with Gasteiger partial charge in [0.15, 0.2) is 6.73 Å². The second-order valence-corrected chi connectivity index (χ2v) is 13.9. The van der Waals surface area contributed by atoms with Crippen LogP contribution in [-0.4, -0.2) is 69.1 Å². The van der Waals surface area contributed by atoms with E-state index in [1.165, 1.54) is 22.2 Å². The van der Waals surface area contributed by atoms with Crippen molar-refractivity contribution in [1.29, 1.82) is 0 Å². The standard InChI is InChI=1S/C35H45N3O5S/c1-35(2)24-33(39)38(25-42-34(40)43-26-9-4-3-5-10-26)31-23-27(13-14-29(31)35)41-21-7-6-16-36-17-19-37(20-18-36)30-11-8-12-32-28(30)15-22-44-32/h8,11-15,22-23,26H,3-7,9-10,16-21,24-25H2,1-2H3. The van der Waals surface area contributed by atoms with Gasteiger partial charge >= 0.3 is 6.16 Å². The zero-order valence-corrected chi connectivity index (χ0v) is 26.9. The van der Waals surface area contributed by atoms with E-state index in [9.17, 15) is 9.59 Å². The lowest BCUT2D eigenvalue weighted by molar-refractivity contribution is -0.121. The molecule has 3 heterocycles. The molecule has 1 aromatic heterocycles. The number of hydrogen-bond acceptors (Lipinski definition) is 8. The molecule has 2 fully saturated rings. The molecule has 0 spiro atoms. The van der Waals surface area contributed by atoms with Gasteiger partial charge in [-0.15, -0.1) is 11.3 Å². The molecule has 6 rings (SSSR count). The Morgan fingerprint density at radius 1 is 0.977 bits per heavy atom. The van der Waals surface area contributed by atoms with Crippen molar-refractivity contribution in [1.82, 2.24) is 4.90 Å². The van der Waals surface area contributed by atoms with Gasteiger partial charge in [-0.3, -0.25) is 14.6 Å². The fraction of sp³-hybridized carbons (Fsp3) is 0.543. The quantitative estimate of drug-likeness (QED) is 0.174. The van der Waals surface area contributed by atoms with E-state index in [-0.39, 0.29) is 24.2 Å². The Hall–Kier alpha value is -3.30. The monoisotopic (exact) mass is 619 g/mol. The Bertz CT molecular complexity index is 1440.